The Morgan fingerprint density at radius 3 is 3.25 bits per heavy atom. The first-order valence-electron chi connectivity index (χ1n) is 4.49. The molecule has 0 spiro atoms. The van der Waals surface area contributed by atoms with Gasteiger partial charge >= 0.3 is 0 Å². The minimum Gasteiger partial charge on any atom is -0.339 e. The van der Waals surface area contributed by atoms with E-state index >= 15 is 0 Å². The van der Waals surface area contributed by atoms with Gasteiger partial charge < -0.3 is 4.90 Å². The quantitative estimate of drug-likeness (QED) is 0.578. The van der Waals surface area contributed by atoms with E-state index in [0.717, 1.165) is 18.9 Å². The van der Waals surface area contributed by atoms with Gasteiger partial charge in [-0.1, -0.05) is 0 Å². The van der Waals surface area contributed by atoms with Crippen molar-refractivity contribution in [3.8, 4) is 6.07 Å². The first kappa shape index (κ1) is 7.60. The molecule has 1 heterocycles. The smallest absolute Gasteiger partial charge is 0.237 e. The highest BCUT2D eigenvalue weighted by atomic mass is 16.2. The fourth-order valence-electron chi connectivity index (χ4n) is 2.09. The van der Waals surface area contributed by atoms with Gasteiger partial charge in [0, 0.05) is 12.6 Å². The van der Waals surface area contributed by atoms with Gasteiger partial charge in [0.15, 0.2) is 0 Å². The largest absolute Gasteiger partial charge is 0.339 e. The second-order valence-electron chi connectivity index (χ2n) is 3.63. The summed E-state index contributed by atoms with van der Waals surface area (Å²) >= 11 is 0. The zero-order chi connectivity index (χ0) is 8.55. The lowest BCUT2D eigenvalue weighted by Gasteiger charge is -2.25. The van der Waals surface area contributed by atoms with Gasteiger partial charge in [0.25, 0.3) is 0 Å². The van der Waals surface area contributed by atoms with Crippen LogP contribution in [-0.4, -0.2) is 23.4 Å². The maximum absolute atomic E-state index is 11.3. The minimum atomic E-state index is 0.0321. The Labute approximate surface area is 72.0 Å². The molecular formula is C9H12N2O. The van der Waals surface area contributed by atoms with Crippen molar-refractivity contribution in [1.29, 1.82) is 5.26 Å². The zero-order valence-corrected chi connectivity index (χ0v) is 6.99. The summed E-state index contributed by atoms with van der Waals surface area (Å²) in [5.41, 5.74) is 0. The number of nitrogens with zero attached hydrogens (tertiary/aromatic N) is 2. The summed E-state index contributed by atoms with van der Waals surface area (Å²) < 4.78 is 0. The molecule has 64 valence electrons. The number of hydrogen-bond donors (Lipinski definition) is 0. The van der Waals surface area contributed by atoms with Crippen LogP contribution >= 0.6 is 0 Å². The predicted molar refractivity (Wildman–Crippen MR) is 43.1 cm³/mol. The molecule has 1 saturated heterocycles. The third-order valence-electron chi connectivity index (χ3n) is 2.81. The van der Waals surface area contributed by atoms with Crippen molar-refractivity contribution >= 4 is 5.91 Å². The number of fused-ring (bicyclic) bond motifs is 1. The molecule has 2 atom stereocenters. The molecule has 1 saturated carbocycles. The van der Waals surface area contributed by atoms with E-state index in [1.165, 1.54) is 12.8 Å². The van der Waals surface area contributed by atoms with E-state index in [-0.39, 0.29) is 12.3 Å². The van der Waals surface area contributed by atoms with E-state index in [1.54, 1.807) is 0 Å². The van der Waals surface area contributed by atoms with Crippen LogP contribution < -0.4 is 0 Å². The van der Waals surface area contributed by atoms with E-state index in [9.17, 15) is 4.79 Å². The van der Waals surface area contributed by atoms with Crippen molar-refractivity contribution in [3.63, 3.8) is 0 Å². The molecule has 0 bridgehead atoms. The fraction of sp³-hybridized carbons (Fsp3) is 0.778. The van der Waals surface area contributed by atoms with Gasteiger partial charge in [0.1, 0.15) is 6.42 Å². The summed E-state index contributed by atoms with van der Waals surface area (Å²) in [4.78, 5) is 13.2. The molecule has 12 heavy (non-hydrogen) atoms. The van der Waals surface area contributed by atoms with Crippen molar-refractivity contribution in [2.24, 2.45) is 5.92 Å². The summed E-state index contributed by atoms with van der Waals surface area (Å²) in [6.07, 6.45) is 3.64. The molecule has 3 heteroatoms. The highest BCUT2D eigenvalue weighted by Gasteiger charge is 2.45. The lowest BCUT2D eigenvalue weighted by Crippen LogP contribution is -2.36. The maximum Gasteiger partial charge on any atom is 0.237 e. The standard InChI is InChI=1S/C9H12N2O/c10-4-3-9(12)11-5-1-2-7-6-8(7)11/h7-8H,1-3,5-6H2/t7-,8+/m1/s1. The number of hydrogen-bond acceptors (Lipinski definition) is 2. The normalized spacial score (nSPS) is 32.1. The van der Waals surface area contributed by atoms with Crippen LogP contribution in [0.1, 0.15) is 25.7 Å². The van der Waals surface area contributed by atoms with E-state index in [0.29, 0.717) is 6.04 Å². The van der Waals surface area contributed by atoms with Gasteiger partial charge in [-0.15, -0.1) is 0 Å². The van der Waals surface area contributed by atoms with E-state index in [1.807, 2.05) is 11.0 Å². The van der Waals surface area contributed by atoms with E-state index < -0.39 is 0 Å². The molecule has 2 aliphatic rings. The third-order valence-corrected chi connectivity index (χ3v) is 2.81. The topological polar surface area (TPSA) is 44.1 Å². The summed E-state index contributed by atoms with van der Waals surface area (Å²) in [5, 5.41) is 8.37. The molecule has 0 radical (unpaired) electrons. The average Bonchev–Trinajstić information content (AvgIpc) is 2.81. The molecule has 1 aliphatic heterocycles. The summed E-state index contributed by atoms with van der Waals surface area (Å²) in [7, 11) is 0. The van der Waals surface area contributed by atoms with Crippen molar-refractivity contribution in [2.75, 3.05) is 6.54 Å². The maximum atomic E-state index is 11.3. The molecule has 0 N–H and O–H groups in total. The van der Waals surface area contributed by atoms with Crippen LogP contribution in [0.4, 0.5) is 0 Å². The molecular weight excluding hydrogens is 152 g/mol. The second kappa shape index (κ2) is 2.78. The Bertz CT molecular complexity index is 243. The van der Waals surface area contributed by atoms with Crippen molar-refractivity contribution in [1.82, 2.24) is 4.90 Å². The molecule has 0 aromatic heterocycles. The van der Waals surface area contributed by atoms with Gasteiger partial charge in [-0.3, -0.25) is 4.79 Å². The van der Waals surface area contributed by atoms with Crippen molar-refractivity contribution in [2.45, 2.75) is 31.7 Å². The number of likely N-dealkylation sites (tertiary alicyclic amines) is 1. The van der Waals surface area contributed by atoms with Crippen LogP contribution in [0.15, 0.2) is 0 Å². The molecule has 2 rings (SSSR count). The summed E-state index contributed by atoms with van der Waals surface area (Å²) in [6.45, 7) is 0.877. The molecule has 0 aromatic rings. The van der Waals surface area contributed by atoms with Crippen LogP contribution in [0.5, 0.6) is 0 Å². The molecule has 3 nitrogen and oxygen atoms in total. The van der Waals surface area contributed by atoms with Gasteiger partial charge in [0.05, 0.1) is 6.07 Å². The van der Waals surface area contributed by atoms with Crippen molar-refractivity contribution in [3.05, 3.63) is 0 Å². The number of carbonyl (C=O) groups is 1. The highest BCUT2D eigenvalue weighted by Crippen LogP contribution is 2.43. The number of carbonyl (C=O) groups excluding carboxylic acids is 1. The van der Waals surface area contributed by atoms with E-state index in [2.05, 4.69) is 0 Å². The SMILES string of the molecule is N#CCC(=O)N1CCC[C@@H]2C[C@@H]21. The summed E-state index contributed by atoms with van der Waals surface area (Å²) in [5.74, 6) is 0.797. The van der Waals surface area contributed by atoms with Crippen LogP contribution in [-0.2, 0) is 4.79 Å². The Morgan fingerprint density at radius 1 is 1.67 bits per heavy atom. The second-order valence-corrected chi connectivity index (χ2v) is 3.63. The van der Waals surface area contributed by atoms with Gasteiger partial charge in [-0.25, -0.2) is 0 Å². The van der Waals surface area contributed by atoms with Gasteiger partial charge in [-0.2, -0.15) is 5.26 Å². The summed E-state index contributed by atoms with van der Waals surface area (Å²) in [6, 6.07) is 2.41. The van der Waals surface area contributed by atoms with Crippen molar-refractivity contribution < 1.29 is 4.79 Å². The number of piperidine rings is 1. The fourth-order valence-corrected chi connectivity index (χ4v) is 2.09. The molecule has 0 aromatic carbocycles. The Hall–Kier alpha value is -1.04. The first-order chi connectivity index (χ1) is 5.83. The number of nitriles is 1. The zero-order valence-electron chi connectivity index (χ0n) is 6.99. The number of rotatable bonds is 1. The Balaban J connectivity index is 1.95. The molecule has 1 amide bonds. The van der Waals surface area contributed by atoms with Crippen LogP contribution in [0, 0.1) is 17.2 Å². The molecule has 1 aliphatic carbocycles. The van der Waals surface area contributed by atoms with Crippen LogP contribution in [0.3, 0.4) is 0 Å². The third kappa shape index (κ3) is 1.18. The molecule has 0 unspecified atom stereocenters. The minimum absolute atomic E-state index is 0.0321. The Morgan fingerprint density at radius 2 is 2.50 bits per heavy atom. The highest BCUT2D eigenvalue weighted by molar-refractivity contribution is 5.79. The first-order valence-corrected chi connectivity index (χ1v) is 4.49. The lowest BCUT2D eigenvalue weighted by atomic mass is 10.1. The molecule has 2 fully saturated rings. The van der Waals surface area contributed by atoms with Gasteiger partial charge in [0.2, 0.25) is 5.91 Å². The van der Waals surface area contributed by atoms with Crippen LogP contribution in [0.25, 0.3) is 0 Å². The average molecular weight is 164 g/mol. The lowest BCUT2D eigenvalue weighted by molar-refractivity contribution is -0.131. The predicted octanol–water partition coefficient (Wildman–Crippen LogP) is 0.911. The van der Waals surface area contributed by atoms with Crippen LogP contribution in [0.2, 0.25) is 0 Å². The van der Waals surface area contributed by atoms with Gasteiger partial charge in [-0.05, 0) is 25.2 Å². The number of amides is 1. The monoisotopic (exact) mass is 164 g/mol. The van der Waals surface area contributed by atoms with E-state index in [4.69, 9.17) is 5.26 Å². The Kier molecular flexibility index (Phi) is 1.76.